The lowest BCUT2D eigenvalue weighted by atomic mass is 10.2. The highest BCUT2D eigenvalue weighted by molar-refractivity contribution is 6.31. The van der Waals surface area contributed by atoms with Gasteiger partial charge in [-0.2, -0.15) is 0 Å². The molecule has 1 aromatic carbocycles. The lowest BCUT2D eigenvalue weighted by Gasteiger charge is -2.03. The number of benzene rings is 1. The molecule has 2 heterocycles. The van der Waals surface area contributed by atoms with Gasteiger partial charge in [0.2, 0.25) is 0 Å². The fourth-order valence-electron chi connectivity index (χ4n) is 2.58. The number of aromatic nitrogens is 2. The first-order valence-corrected chi connectivity index (χ1v) is 9.08. The van der Waals surface area contributed by atoms with Crippen molar-refractivity contribution in [2.45, 2.75) is 0 Å². The molecule has 0 atom stereocenters. The summed E-state index contributed by atoms with van der Waals surface area (Å²) in [6.07, 6.45) is 3.41. The molecule has 0 saturated heterocycles. The van der Waals surface area contributed by atoms with Gasteiger partial charge in [-0.3, -0.25) is 14.4 Å². The zero-order valence-electron chi connectivity index (χ0n) is 15.2. The summed E-state index contributed by atoms with van der Waals surface area (Å²) in [6, 6.07) is 11.5. The summed E-state index contributed by atoms with van der Waals surface area (Å²) in [6.45, 7) is 0.530. The van der Waals surface area contributed by atoms with Crippen LogP contribution < -0.4 is 16.4 Å². The normalized spacial score (nSPS) is 10.9. The Balaban J connectivity index is 1.45. The molecule has 3 amide bonds. The summed E-state index contributed by atoms with van der Waals surface area (Å²) in [4.78, 5) is 42.2. The van der Waals surface area contributed by atoms with E-state index >= 15 is 0 Å². The summed E-state index contributed by atoms with van der Waals surface area (Å²) in [7, 11) is 0. The van der Waals surface area contributed by atoms with Crippen molar-refractivity contribution in [1.29, 1.82) is 0 Å². The molecular formula is C20H18ClN5O3. The van der Waals surface area contributed by atoms with Crippen LogP contribution in [0.4, 0.5) is 0 Å². The fraction of sp³-hybridized carbons (Fsp3) is 0.100. The second kappa shape index (κ2) is 9.03. The van der Waals surface area contributed by atoms with Crippen molar-refractivity contribution in [2.24, 2.45) is 5.73 Å². The Kier molecular flexibility index (Phi) is 6.25. The van der Waals surface area contributed by atoms with E-state index in [-0.39, 0.29) is 23.8 Å². The molecule has 0 aliphatic carbocycles. The SMILES string of the molecule is NC(=O)c1cccc(C(=O)NC/C=C/CNC(=O)c2cc3ccc(Cl)cc3[nH]2)n1. The van der Waals surface area contributed by atoms with Crippen molar-refractivity contribution in [3.05, 3.63) is 76.7 Å². The number of H-pyrrole nitrogens is 1. The first-order chi connectivity index (χ1) is 13.9. The maximum Gasteiger partial charge on any atom is 0.270 e. The number of hydrogen-bond donors (Lipinski definition) is 4. The van der Waals surface area contributed by atoms with E-state index in [4.69, 9.17) is 17.3 Å². The third kappa shape index (κ3) is 5.20. The van der Waals surface area contributed by atoms with Crippen LogP contribution in [0.25, 0.3) is 10.9 Å². The molecule has 0 fully saturated rings. The van der Waals surface area contributed by atoms with E-state index in [2.05, 4.69) is 20.6 Å². The summed E-state index contributed by atoms with van der Waals surface area (Å²) < 4.78 is 0. The molecule has 0 saturated carbocycles. The largest absolute Gasteiger partial charge is 0.364 e. The predicted molar refractivity (Wildman–Crippen MR) is 110 cm³/mol. The molecule has 0 aliphatic heterocycles. The van der Waals surface area contributed by atoms with Gasteiger partial charge in [0.05, 0.1) is 0 Å². The third-order valence-corrected chi connectivity index (χ3v) is 4.23. The Bertz CT molecular complexity index is 1110. The van der Waals surface area contributed by atoms with E-state index in [1.54, 1.807) is 30.4 Å². The monoisotopic (exact) mass is 411 g/mol. The minimum absolute atomic E-state index is 0.0233. The van der Waals surface area contributed by atoms with Gasteiger partial charge in [0, 0.05) is 29.0 Å². The van der Waals surface area contributed by atoms with Crippen LogP contribution in [0, 0.1) is 0 Å². The maximum atomic E-state index is 12.2. The Labute approximate surface area is 171 Å². The molecule has 148 valence electrons. The van der Waals surface area contributed by atoms with Gasteiger partial charge < -0.3 is 21.4 Å². The van der Waals surface area contributed by atoms with Gasteiger partial charge in [-0.05, 0) is 30.3 Å². The number of rotatable bonds is 7. The number of halogens is 1. The zero-order chi connectivity index (χ0) is 20.8. The number of amides is 3. The minimum atomic E-state index is -0.701. The minimum Gasteiger partial charge on any atom is -0.364 e. The van der Waals surface area contributed by atoms with E-state index in [1.807, 2.05) is 6.07 Å². The molecule has 8 nitrogen and oxygen atoms in total. The fourth-order valence-corrected chi connectivity index (χ4v) is 2.75. The highest BCUT2D eigenvalue weighted by Crippen LogP contribution is 2.19. The Hall–Kier alpha value is -3.65. The number of aromatic amines is 1. The molecule has 0 unspecified atom stereocenters. The molecule has 3 rings (SSSR count). The van der Waals surface area contributed by atoms with Crippen LogP contribution in [0.2, 0.25) is 5.02 Å². The maximum absolute atomic E-state index is 12.2. The Morgan fingerprint density at radius 1 is 1.00 bits per heavy atom. The van der Waals surface area contributed by atoms with Crippen molar-refractivity contribution in [1.82, 2.24) is 20.6 Å². The number of nitrogens with zero attached hydrogens (tertiary/aromatic N) is 1. The average molecular weight is 412 g/mol. The molecule has 2 aromatic heterocycles. The number of fused-ring (bicyclic) bond motifs is 1. The van der Waals surface area contributed by atoms with Gasteiger partial charge in [-0.25, -0.2) is 4.98 Å². The quantitative estimate of drug-likeness (QED) is 0.443. The Morgan fingerprint density at radius 2 is 1.69 bits per heavy atom. The topological polar surface area (TPSA) is 130 Å². The molecule has 9 heteroatoms. The highest BCUT2D eigenvalue weighted by atomic mass is 35.5. The second-order valence-electron chi connectivity index (χ2n) is 6.08. The van der Waals surface area contributed by atoms with Gasteiger partial charge in [-0.15, -0.1) is 0 Å². The zero-order valence-corrected chi connectivity index (χ0v) is 16.0. The number of carbonyl (C=O) groups excluding carboxylic acids is 3. The summed E-state index contributed by atoms with van der Waals surface area (Å²) in [5, 5.41) is 6.87. The summed E-state index contributed by atoms with van der Waals surface area (Å²) in [5.74, 6) is -1.38. The van der Waals surface area contributed by atoms with Gasteiger partial charge in [0.25, 0.3) is 17.7 Å². The van der Waals surface area contributed by atoms with Crippen molar-refractivity contribution < 1.29 is 14.4 Å². The first-order valence-electron chi connectivity index (χ1n) is 8.70. The molecule has 0 aliphatic rings. The average Bonchev–Trinajstić information content (AvgIpc) is 3.13. The standard InChI is InChI=1S/C20H18ClN5O3/c21-13-7-6-12-10-17(26-16(12)11-13)20(29)24-9-2-1-8-23-19(28)15-5-3-4-14(25-15)18(22)27/h1-7,10-11,26H,8-9H2,(H2,22,27)(H,23,28)(H,24,29)/b2-1+. The lowest BCUT2D eigenvalue weighted by molar-refractivity contribution is 0.0943. The first kappa shape index (κ1) is 20.1. The molecule has 0 radical (unpaired) electrons. The lowest BCUT2D eigenvalue weighted by Crippen LogP contribution is -2.26. The molecule has 0 spiro atoms. The smallest absolute Gasteiger partial charge is 0.270 e. The molecule has 5 N–H and O–H groups in total. The van der Waals surface area contributed by atoms with Crippen LogP contribution in [0.1, 0.15) is 31.5 Å². The van der Waals surface area contributed by atoms with Crippen LogP contribution in [0.3, 0.4) is 0 Å². The number of carbonyl (C=O) groups is 3. The van der Waals surface area contributed by atoms with Crippen molar-refractivity contribution in [2.75, 3.05) is 13.1 Å². The van der Waals surface area contributed by atoms with E-state index in [1.165, 1.54) is 18.2 Å². The van der Waals surface area contributed by atoms with Gasteiger partial charge in [0.1, 0.15) is 17.1 Å². The highest BCUT2D eigenvalue weighted by Gasteiger charge is 2.10. The van der Waals surface area contributed by atoms with Crippen molar-refractivity contribution in [3.8, 4) is 0 Å². The van der Waals surface area contributed by atoms with E-state index in [9.17, 15) is 14.4 Å². The predicted octanol–water partition coefficient (Wildman–Crippen LogP) is 2.03. The summed E-state index contributed by atoms with van der Waals surface area (Å²) in [5.41, 5.74) is 6.49. The number of nitrogens with one attached hydrogen (secondary N) is 3. The van der Waals surface area contributed by atoms with Crippen LogP contribution in [0.15, 0.2) is 54.6 Å². The van der Waals surface area contributed by atoms with E-state index in [0.717, 1.165) is 10.9 Å². The third-order valence-electron chi connectivity index (χ3n) is 3.99. The van der Waals surface area contributed by atoms with Crippen LogP contribution in [-0.2, 0) is 0 Å². The molecule has 29 heavy (non-hydrogen) atoms. The van der Waals surface area contributed by atoms with Gasteiger partial charge >= 0.3 is 0 Å². The summed E-state index contributed by atoms with van der Waals surface area (Å²) >= 11 is 5.94. The van der Waals surface area contributed by atoms with E-state index < -0.39 is 11.8 Å². The van der Waals surface area contributed by atoms with Crippen molar-refractivity contribution in [3.63, 3.8) is 0 Å². The molecule has 3 aromatic rings. The van der Waals surface area contributed by atoms with Crippen molar-refractivity contribution >= 4 is 40.2 Å². The number of hydrogen-bond acceptors (Lipinski definition) is 4. The van der Waals surface area contributed by atoms with E-state index in [0.29, 0.717) is 17.3 Å². The second-order valence-corrected chi connectivity index (χ2v) is 6.51. The molecule has 0 bridgehead atoms. The van der Waals surface area contributed by atoms with Crippen LogP contribution >= 0.6 is 11.6 Å². The number of pyridine rings is 1. The van der Waals surface area contributed by atoms with Gasteiger partial charge in [-0.1, -0.05) is 35.9 Å². The Morgan fingerprint density at radius 3 is 2.41 bits per heavy atom. The molecular weight excluding hydrogens is 394 g/mol. The van der Waals surface area contributed by atoms with Gasteiger partial charge in [0.15, 0.2) is 0 Å². The van der Waals surface area contributed by atoms with Crippen LogP contribution in [-0.4, -0.2) is 40.8 Å². The van der Waals surface area contributed by atoms with Crippen LogP contribution in [0.5, 0.6) is 0 Å². The number of primary amides is 1. The number of nitrogens with two attached hydrogens (primary N) is 1.